The second-order valence-corrected chi connectivity index (χ2v) is 7.85. The first kappa shape index (κ1) is 18.5. The maximum absolute atomic E-state index is 13.1. The second-order valence-electron chi connectivity index (χ2n) is 6.77. The van der Waals surface area contributed by atoms with Gasteiger partial charge in [-0.3, -0.25) is 9.89 Å². The normalized spacial score (nSPS) is 16.6. The van der Waals surface area contributed by atoms with Gasteiger partial charge in [-0.05, 0) is 23.8 Å². The highest BCUT2D eigenvalue weighted by molar-refractivity contribution is 7.13. The Kier molecular flexibility index (Phi) is 4.00. The number of thiophene rings is 1. The SMILES string of the molecule is N=C1c2c(nc[nH]c2=O)C(c2ccc(C(F)(F)F)s2)=CC1c1cccc2[nH]ncc12. The summed E-state index contributed by atoms with van der Waals surface area (Å²) in [6, 6.07) is 7.83. The molecule has 0 saturated carbocycles. The summed E-state index contributed by atoms with van der Waals surface area (Å²) in [7, 11) is 0. The highest BCUT2D eigenvalue weighted by Gasteiger charge is 2.35. The van der Waals surface area contributed by atoms with Crippen molar-refractivity contribution in [2.24, 2.45) is 0 Å². The van der Waals surface area contributed by atoms with Crippen LogP contribution in [0.2, 0.25) is 0 Å². The summed E-state index contributed by atoms with van der Waals surface area (Å²) in [6.07, 6.45) is 0.0565. The molecule has 1 atom stereocenters. The molecular weight excluding hydrogens is 415 g/mol. The molecule has 1 aliphatic carbocycles. The number of rotatable bonds is 2. The lowest BCUT2D eigenvalue weighted by molar-refractivity contribution is -0.134. The lowest BCUT2D eigenvalue weighted by atomic mass is 9.81. The van der Waals surface area contributed by atoms with Crippen LogP contribution >= 0.6 is 11.3 Å². The van der Waals surface area contributed by atoms with Crippen LogP contribution < -0.4 is 5.56 Å². The Balaban J connectivity index is 1.75. The Morgan fingerprint density at radius 3 is 2.77 bits per heavy atom. The molecule has 0 aliphatic heterocycles. The summed E-state index contributed by atoms with van der Waals surface area (Å²) in [4.78, 5) is 18.8. The molecule has 0 fully saturated rings. The van der Waals surface area contributed by atoms with Crippen LogP contribution in [0, 0.1) is 5.41 Å². The van der Waals surface area contributed by atoms with Crippen LogP contribution in [0.15, 0.2) is 53.7 Å². The van der Waals surface area contributed by atoms with Crippen LogP contribution in [-0.2, 0) is 6.18 Å². The maximum Gasteiger partial charge on any atom is 0.425 e. The molecule has 150 valence electrons. The number of aromatic nitrogens is 4. The van der Waals surface area contributed by atoms with Crippen LogP contribution in [-0.4, -0.2) is 25.9 Å². The number of aromatic amines is 2. The Morgan fingerprint density at radius 2 is 2.00 bits per heavy atom. The van der Waals surface area contributed by atoms with Gasteiger partial charge in [0.05, 0.1) is 35.0 Å². The minimum absolute atomic E-state index is 0.0319. The molecule has 1 aliphatic rings. The van der Waals surface area contributed by atoms with E-state index in [1.54, 1.807) is 18.3 Å². The van der Waals surface area contributed by atoms with E-state index in [2.05, 4.69) is 20.2 Å². The van der Waals surface area contributed by atoms with Gasteiger partial charge in [0.15, 0.2) is 0 Å². The molecule has 3 heterocycles. The summed E-state index contributed by atoms with van der Waals surface area (Å²) in [5.74, 6) is -0.643. The van der Waals surface area contributed by atoms with E-state index < -0.39 is 22.5 Å². The van der Waals surface area contributed by atoms with Crippen molar-refractivity contribution in [3.8, 4) is 0 Å². The molecule has 1 unspecified atom stereocenters. The van der Waals surface area contributed by atoms with Crippen molar-refractivity contribution in [3.05, 3.63) is 85.9 Å². The minimum Gasteiger partial charge on any atom is -0.313 e. The average molecular weight is 427 g/mol. The molecule has 3 N–H and O–H groups in total. The van der Waals surface area contributed by atoms with Crippen LogP contribution in [0.1, 0.15) is 32.5 Å². The third-order valence-corrected chi connectivity index (χ3v) is 6.19. The summed E-state index contributed by atoms with van der Waals surface area (Å²) in [5.41, 5.74) is 1.68. The van der Waals surface area contributed by atoms with E-state index in [0.29, 0.717) is 21.8 Å². The lowest BCUT2D eigenvalue weighted by Gasteiger charge is -2.24. The molecule has 3 aromatic heterocycles. The van der Waals surface area contributed by atoms with E-state index in [0.717, 1.165) is 22.5 Å². The van der Waals surface area contributed by atoms with Gasteiger partial charge in [-0.25, -0.2) is 4.98 Å². The standard InChI is InChI=1S/C20H12F3N5OS/c21-20(22,23)15-5-4-14(30-15)11-6-10(9-2-1-3-13-12(9)7-27-28-13)17(24)16-18(11)25-8-26-19(16)29/h1-8,10,24H,(H,27,28)(H,25,26,29). The van der Waals surface area contributed by atoms with Gasteiger partial charge >= 0.3 is 6.18 Å². The Bertz CT molecular complexity index is 1400. The van der Waals surface area contributed by atoms with E-state index in [1.807, 2.05) is 12.1 Å². The molecule has 1 aromatic carbocycles. The first-order valence-electron chi connectivity index (χ1n) is 8.82. The third kappa shape index (κ3) is 2.79. The molecule has 5 rings (SSSR count). The lowest BCUT2D eigenvalue weighted by Crippen LogP contribution is -2.28. The Morgan fingerprint density at radius 1 is 1.17 bits per heavy atom. The summed E-state index contributed by atoms with van der Waals surface area (Å²) in [5, 5.41) is 16.3. The molecule has 30 heavy (non-hydrogen) atoms. The quantitative estimate of drug-likeness (QED) is 0.444. The van der Waals surface area contributed by atoms with Crippen molar-refractivity contribution in [3.63, 3.8) is 0 Å². The fourth-order valence-electron chi connectivity index (χ4n) is 3.68. The number of benzene rings is 1. The van der Waals surface area contributed by atoms with E-state index in [-0.39, 0.29) is 17.0 Å². The summed E-state index contributed by atoms with van der Waals surface area (Å²) >= 11 is 0.585. The first-order valence-corrected chi connectivity index (χ1v) is 9.64. The van der Waals surface area contributed by atoms with Gasteiger partial charge in [-0.2, -0.15) is 18.3 Å². The van der Waals surface area contributed by atoms with Crippen LogP contribution in [0.4, 0.5) is 13.2 Å². The van der Waals surface area contributed by atoms with Crippen molar-refractivity contribution in [2.45, 2.75) is 12.1 Å². The van der Waals surface area contributed by atoms with E-state index in [1.165, 1.54) is 12.4 Å². The highest BCUT2D eigenvalue weighted by Crippen LogP contribution is 2.42. The monoisotopic (exact) mass is 427 g/mol. The average Bonchev–Trinajstić information content (AvgIpc) is 3.37. The van der Waals surface area contributed by atoms with Gasteiger partial charge in [0.2, 0.25) is 0 Å². The zero-order valence-corrected chi connectivity index (χ0v) is 15.9. The molecule has 0 saturated heterocycles. The van der Waals surface area contributed by atoms with Gasteiger partial charge < -0.3 is 10.4 Å². The molecule has 0 spiro atoms. The molecule has 0 bridgehead atoms. The number of H-pyrrole nitrogens is 2. The van der Waals surface area contributed by atoms with Crippen molar-refractivity contribution >= 4 is 33.5 Å². The number of fused-ring (bicyclic) bond motifs is 2. The first-order chi connectivity index (χ1) is 14.3. The predicted molar refractivity (Wildman–Crippen MR) is 107 cm³/mol. The second kappa shape index (κ2) is 6.49. The Hall–Kier alpha value is -3.53. The number of nitrogens with zero attached hydrogens (tertiary/aromatic N) is 2. The minimum atomic E-state index is -4.46. The number of hydrogen-bond acceptors (Lipinski definition) is 5. The smallest absolute Gasteiger partial charge is 0.313 e. The van der Waals surface area contributed by atoms with Crippen LogP contribution in [0.5, 0.6) is 0 Å². The van der Waals surface area contributed by atoms with Gasteiger partial charge in [-0.15, -0.1) is 11.3 Å². The number of nitrogens with one attached hydrogen (secondary N) is 3. The number of hydrogen-bond donors (Lipinski definition) is 3. The highest BCUT2D eigenvalue weighted by atomic mass is 32.1. The Labute approximate surface area is 170 Å². The van der Waals surface area contributed by atoms with Crippen LogP contribution in [0.25, 0.3) is 16.5 Å². The largest absolute Gasteiger partial charge is 0.425 e. The van der Waals surface area contributed by atoms with Crippen LogP contribution in [0.3, 0.4) is 0 Å². The zero-order chi connectivity index (χ0) is 21.0. The van der Waals surface area contributed by atoms with Crippen molar-refractivity contribution < 1.29 is 13.2 Å². The third-order valence-electron chi connectivity index (χ3n) is 5.03. The van der Waals surface area contributed by atoms with Gasteiger partial charge in [0, 0.05) is 21.8 Å². The number of halogens is 3. The van der Waals surface area contributed by atoms with Gasteiger partial charge in [0.1, 0.15) is 4.88 Å². The number of alkyl halides is 3. The van der Waals surface area contributed by atoms with E-state index in [9.17, 15) is 18.0 Å². The zero-order valence-electron chi connectivity index (χ0n) is 15.0. The van der Waals surface area contributed by atoms with E-state index >= 15 is 0 Å². The topological polar surface area (TPSA) is 98.3 Å². The maximum atomic E-state index is 13.1. The molecule has 4 aromatic rings. The predicted octanol–water partition coefficient (Wildman–Crippen LogP) is 4.32. The van der Waals surface area contributed by atoms with E-state index in [4.69, 9.17) is 5.41 Å². The van der Waals surface area contributed by atoms with Crippen molar-refractivity contribution in [1.29, 1.82) is 5.41 Å². The summed E-state index contributed by atoms with van der Waals surface area (Å²) in [6.45, 7) is 0. The van der Waals surface area contributed by atoms with Gasteiger partial charge in [0.25, 0.3) is 5.56 Å². The molecule has 10 heteroatoms. The fraction of sp³-hybridized carbons (Fsp3) is 0.100. The molecule has 0 radical (unpaired) electrons. The molecule has 6 nitrogen and oxygen atoms in total. The van der Waals surface area contributed by atoms with Gasteiger partial charge in [-0.1, -0.05) is 18.2 Å². The molecular formula is C20H12F3N5OS. The fourth-order valence-corrected chi connectivity index (χ4v) is 4.58. The van der Waals surface area contributed by atoms with Crippen molar-refractivity contribution in [1.82, 2.24) is 20.2 Å². The number of allylic oxidation sites excluding steroid dienone is 1. The summed E-state index contributed by atoms with van der Waals surface area (Å²) < 4.78 is 39.4. The van der Waals surface area contributed by atoms with Crippen molar-refractivity contribution in [2.75, 3.05) is 0 Å². The molecule has 0 amide bonds.